The Kier molecular flexibility index (Phi) is 5.95. The van der Waals surface area contributed by atoms with Gasteiger partial charge in [-0.2, -0.15) is 0 Å². The lowest BCUT2D eigenvalue weighted by Crippen LogP contribution is -1.95. The third kappa shape index (κ3) is 4.13. The minimum absolute atomic E-state index is 0.0828. The molecule has 0 amide bonds. The zero-order valence-electron chi connectivity index (χ0n) is 14.3. The van der Waals surface area contributed by atoms with Crippen molar-refractivity contribution in [1.29, 1.82) is 0 Å². The highest BCUT2D eigenvalue weighted by molar-refractivity contribution is 5.82. The lowest BCUT2D eigenvalue weighted by molar-refractivity contribution is 0.112. The number of benzene rings is 1. The maximum Gasteiger partial charge on any atom is 0.298 e. The number of hydrogen-bond acceptors (Lipinski definition) is 3. The number of fused-ring (bicyclic) bond motifs is 1. The second kappa shape index (κ2) is 7.95. The van der Waals surface area contributed by atoms with E-state index in [1.165, 1.54) is 6.07 Å². The molecule has 0 unspecified atom stereocenters. The minimum atomic E-state index is -2.66. The van der Waals surface area contributed by atoms with Crippen LogP contribution in [0.2, 0.25) is 0 Å². The highest BCUT2D eigenvalue weighted by Crippen LogP contribution is 2.25. The molecule has 6 heteroatoms. The van der Waals surface area contributed by atoms with Crippen LogP contribution in [0.4, 0.5) is 8.78 Å². The Morgan fingerprint density at radius 2 is 1.92 bits per heavy atom. The molecule has 1 aromatic carbocycles. The Balaban J connectivity index is 0.00000100. The van der Waals surface area contributed by atoms with Crippen molar-refractivity contribution in [1.82, 2.24) is 10.1 Å². The predicted molar refractivity (Wildman–Crippen MR) is 89.5 cm³/mol. The summed E-state index contributed by atoms with van der Waals surface area (Å²) < 4.78 is 34.9. The summed E-state index contributed by atoms with van der Waals surface area (Å²) in [5.74, 6) is 0.617. The molecule has 24 heavy (non-hydrogen) atoms. The van der Waals surface area contributed by atoms with Crippen molar-refractivity contribution in [3.8, 4) is 5.75 Å². The van der Waals surface area contributed by atoms with Crippen molar-refractivity contribution < 1.29 is 18.0 Å². The van der Waals surface area contributed by atoms with E-state index in [1.807, 2.05) is 32.0 Å². The zero-order valence-corrected chi connectivity index (χ0v) is 14.3. The van der Waals surface area contributed by atoms with Crippen LogP contribution >= 0.6 is 0 Å². The molecule has 0 saturated carbocycles. The molecule has 0 fully saturated rings. The number of halogens is 2. The molecule has 0 bridgehead atoms. The lowest BCUT2D eigenvalue weighted by atomic mass is 10.1. The van der Waals surface area contributed by atoms with Gasteiger partial charge in [0.1, 0.15) is 18.1 Å². The Hall–Kier alpha value is -2.37. The van der Waals surface area contributed by atoms with Crippen LogP contribution in [0.25, 0.3) is 10.9 Å². The van der Waals surface area contributed by atoms with E-state index in [0.717, 1.165) is 16.6 Å². The van der Waals surface area contributed by atoms with E-state index in [4.69, 9.17) is 4.74 Å². The van der Waals surface area contributed by atoms with Gasteiger partial charge in [-0.3, -0.25) is 0 Å². The van der Waals surface area contributed by atoms with Crippen molar-refractivity contribution in [2.75, 3.05) is 0 Å². The van der Waals surface area contributed by atoms with E-state index in [-0.39, 0.29) is 6.61 Å². The van der Waals surface area contributed by atoms with Gasteiger partial charge in [0.05, 0.1) is 0 Å². The number of H-pyrrole nitrogens is 1. The van der Waals surface area contributed by atoms with Crippen LogP contribution in [0.5, 0.6) is 5.75 Å². The zero-order chi connectivity index (χ0) is 17.7. The third-order valence-electron chi connectivity index (χ3n) is 3.42. The molecule has 1 N–H and O–H groups in total. The van der Waals surface area contributed by atoms with E-state index in [1.54, 1.807) is 0 Å². The van der Waals surface area contributed by atoms with Gasteiger partial charge >= 0.3 is 0 Å². The van der Waals surface area contributed by atoms with Crippen molar-refractivity contribution in [3.05, 3.63) is 47.5 Å². The molecule has 0 aliphatic heterocycles. The first-order valence-corrected chi connectivity index (χ1v) is 8.02. The van der Waals surface area contributed by atoms with E-state index < -0.39 is 12.2 Å². The number of nitrogens with one attached hydrogen (secondary N) is 1. The summed E-state index contributed by atoms with van der Waals surface area (Å²) in [6.45, 7) is 8.32. The van der Waals surface area contributed by atoms with Gasteiger partial charge in [0, 0.05) is 23.3 Å². The van der Waals surface area contributed by atoms with Gasteiger partial charge in [0.15, 0.2) is 0 Å². The van der Waals surface area contributed by atoms with Gasteiger partial charge in [0.25, 0.3) is 6.43 Å². The standard InChI is InChI=1S/C16H16F2N2O2.C2H6/c1-9(2)13-5-10-3-4-12(7-14(10)19-13)21-8-11-6-15(16(17)18)22-20-11;1-2/h3-7,9,16,19H,8H2,1-2H3;1-2H3. The summed E-state index contributed by atoms with van der Waals surface area (Å²) in [7, 11) is 0. The highest BCUT2D eigenvalue weighted by atomic mass is 19.3. The smallest absolute Gasteiger partial charge is 0.298 e. The first-order chi connectivity index (χ1) is 11.5. The summed E-state index contributed by atoms with van der Waals surface area (Å²) in [5, 5.41) is 4.66. The number of alkyl halides is 2. The molecule has 0 aliphatic carbocycles. The summed E-state index contributed by atoms with van der Waals surface area (Å²) in [6, 6.07) is 9.00. The second-order valence-electron chi connectivity index (χ2n) is 5.44. The quantitative estimate of drug-likeness (QED) is 0.638. The number of rotatable bonds is 5. The summed E-state index contributed by atoms with van der Waals surface area (Å²) >= 11 is 0. The molecule has 2 aromatic heterocycles. The first kappa shape index (κ1) is 18.0. The van der Waals surface area contributed by atoms with Crippen LogP contribution in [-0.2, 0) is 6.61 Å². The number of aromatic nitrogens is 2. The fourth-order valence-electron chi connectivity index (χ4n) is 2.19. The summed E-state index contributed by atoms with van der Waals surface area (Å²) in [5.41, 5.74) is 2.48. The Bertz CT molecular complexity index is 778. The van der Waals surface area contributed by atoms with Crippen molar-refractivity contribution in [2.45, 2.75) is 46.6 Å². The SMILES string of the molecule is CC.CC(C)c1cc2ccc(OCc3cc(C(F)F)on3)cc2[nH]1. The van der Waals surface area contributed by atoms with Crippen LogP contribution in [0.15, 0.2) is 34.9 Å². The van der Waals surface area contributed by atoms with Crippen molar-refractivity contribution >= 4 is 10.9 Å². The lowest BCUT2D eigenvalue weighted by Gasteiger charge is -2.03. The normalized spacial score (nSPS) is 11.0. The maximum absolute atomic E-state index is 12.4. The fraction of sp³-hybridized carbons (Fsp3) is 0.389. The monoisotopic (exact) mass is 336 g/mol. The summed E-state index contributed by atoms with van der Waals surface area (Å²) in [4.78, 5) is 3.34. The van der Waals surface area contributed by atoms with E-state index in [9.17, 15) is 8.78 Å². The molecule has 4 nitrogen and oxygen atoms in total. The number of ether oxygens (including phenoxy) is 1. The van der Waals surface area contributed by atoms with Gasteiger partial charge in [0.2, 0.25) is 5.76 Å². The number of aromatic amines is 1. The topological polar surface area (TPSA) is 51.1 Å². The van der Waals surface area contributed by atoms with Gasteiger partial charge in [-0.05, 0) is 29.5 Å². The molecule has 0 spiro atoms. The van der Waals surface area contributed by atoms with Gasteiger partial charge in [-0.25, -0.2) is 8.78 Å². The Morgan fingerprint density at radius 1 is 1.17 bits per heavy atom. The van der Waals surface area contributed by atoms with Gasteiger partial charge in [-0.1, -0.05) is 32.9 Å². The van der Waals surface area contributed by atoms with Crippen LogP contribution in [0.1, 0.15) is 57.2 Å². The fourth-order valence-corrected chi connectivity index (χ4v) is 2.19. The molecule has 0 atom stereocenters. The van der Waals surface area contributed by atoms with Crippen LogP contribution in [0.3, 0.4) is 0 Å². The largest absolute Gasteiger partial charge is 0.487 e. The molecule has 0 aliphatic rings. The average molecular weight is 336 g/mol. The van der Waals surface area contributed by atoms with E-state index in [0.29, 0.717) is 17.4 Å². The minimum Gasteiger partial charge on any atom is -0.487 e. The highest BCUT2D eigenvalue weighted by Gasteiger charge is 2.14. The molecule has 2 heterocycles. The second-order valence-corrected chi connectivity index (χ2v) is 5.44. The first-order valence-electron chi connectivity index (χ1n) is 8.02. The van der Waals surface area contributed by atoms with Crippen LogP contribution in [0, 0.1) is 0 Å². The third-order valence-corrected chi connectivity index (χ3v) is 3.42. The van der Waals surface area contributed by atoms with Crippen LogP contribution in [-0.4, -0.2) is 10.1 Å². The molecule has 0 saturated heterocycles. The summed E-state index contributed by atoms with van der Waals surface area (Å²) in [6.07, 6.45) is -2.66. The number of nitrogens with zero attached hydrogens (tertiary/aromatic N) is 1. The Labute approximate surface area is 139 Å². The van der Waals surface area contributed by atoms with Crippen molar-refractivity contribution in [2.24, 2.45) is 0 Å². The van der Waals surface area contributed by atoms with Crippen LogP contribution < -0.4 is 4.74 Å². The Morgan fingerprint density at radius 3 is 2.54 bits per heavy atom. The molecule has 3 aromatic rings. The molecular formula is C18H22F2N2O2. The molecule has 130 valence electrons. The van der Waals surface area contributed by atoms with E-state index >= 15 is 0 Å². The molecule has 0 radical (unpaired) electrons. The molecule has 3 rings (SSSR count). The maximum atomic E-state index is 12.4. The average Bonchev–Trinajstić information content (AvgIpc) is 3.21. The van der Waals surface area contributed by atoms with E-state index in [2.05, 4.69) is 34.6 Å². The van der Waals surface area contributed by atoms with Crippen molar-refractivity contribution in [3.63, 3.8) is 0 Å². The number of hydrogen-bond donors (Lipinski definition) is 1. The van der Waals surface area contributed by atoms with Gasteiger partial charge in [-0.15, -0.1) is 0 Å². The predicted octanol–water partition coefficient (Wildman–Crippen LogP) is 5.82. The van der Waals surface area contributed by atoms with Gasteiger partial charge < -0.3 is 14.2 Å². The molecular weight excluding hydrogens is 314 g/mol.